The zero-order valence-electron chi connectivity index (χ0n) is 10.6. The molecule has 0 aliphatic heterocycles. The molecule has 1 aromatic carbocycles. The van der Waals surface area contributed by atoms with Gasteiger partial charge in [-0.3, -0.25) is 10.1 Å². The first kappa shape index (κ1) is 15.9. The van der Waals surface area contributed by atoms with E-state index in [0.29, 0.717) is 11.8 Å². The molecule has 0 heterocycles. The molecular formula is C13H20ClNO2. The van der Waals surface area contributed by atoms with E-state index in [1.54, 1.807) is 12.1 Å². The lowest BCUT2D eigenvalue weighted by Gasteiger charge is -2.06. The van der Waals surface area contributed by atoms with Crippen molar-refractivity contribution in [1.82, 2.24) is 0 Å². The van der Waals surface area contributed by atoms with Crippen LogP contribution in [0.4, 0.5) is 5.69 Å². The Morgan fingerprint density at radius 1 is 1.29 bits per heavy atom. The number of benzene rings is 1. The van der Waals surface area contributed by atoms with Crippen molar-refractivity contribution in [2.24, 2.45) is 5.92 Å². The maximum atomic E-state index is 10.4. The number of hydrogen-bond donors (Lipinski definition) is 0. The van der Waals surface area contributed by atoms with E-state index < -0.39 is 4.92 Å². The smallest absolute Gasteiger partial charge is 0.258 e. The van der Waals surface area contributed by atoms with Gasteiger partial charge in [0.25, 0.3) is 5.69 Å². The Morgan fingerprint density at radius 3 is 2.12 bits per heavy atom. The minimum Gasteiger partial charge on any atom is -0.258 e. The molecule has 0 spiro atoms. The van der Waals surface area contributed by atoms with Crippen LogP contribution in [0.1, 0.15) is 32.8 Å². The molecule has 0 unspecified atom stereocenters. The second-order valence-electron chi connectivity index (χ2n) is 4.09. The zero-order valence-corrected chi connectivity index (χ0v) is 11.4. The predicted octanol–water partition coefficient (Wildman–Crippen LogP) is 4.43. The quantitative estimate of drug-likeness (QED) is 0.455. The summed E-state index contributed by atoms with van der Waals surface area (Å²) in [5.41, 5.74) is 1.22. The third-order valence-electron chi connectivity index (χ3n) is 1.99. The van der Waals surface area contributed by atoms with Crippen molar-refractivity contribution in [3.8, 4) is 0 Å². The standard InChI is InChI=1S/C10H12ClNO2.C3H8/c1-8(7-11)6-9-2-4-10(5-3-9)12(13)14;1-3-2/h2-5,8H,6-7H2,1H3;3H2,1-2H3/t8-;/m0./s1. The van der Waals surface area contributed by atoms with E-state index in [0.717, 1.165) is 12.0 Å². The van der Waals surface area contributed by atoms with Gasteiger partial charge in [0.2, 0.25) is 0 Å². The fourth-order valence-corrected chi connectivity index (χ4v) is 1.32. The SMILES string of the molecule is CCC.C[C@H](CCl)Cc1ccc([N+](=O)[O-])cc1. The van der Waals surface area contributed by atoms with Gasteiger partial charge in [-0.1, -0.05) is 39.3 Å². The van der Waals surface area contributed by atoms with Crippen LogP contribution in [0.5, 0.6) is 0 Å². The van der Waals surface area contributed by atoms with Crippen LogP contribution in [0.2, 0.25) is 0 Å². The third-order valence-corrected chi connectivity index (χ3v) is 2.52. The molecule has 0 N–H and O–H groups in total. The van der Waals surface area contributed by atoms with Crippen LogP contribution in [0.3, 0.4) is 0 Å². The molecule has 1 rings (SSSR count). The van der Waals surface area contributed by atoms with Crippen LogP contribution in [0.15, 0.2) is 24.3 Å². The molecule has 0 fully saturated rings. The van der Waals surface area contributed by atoms with E-state index in [2.05, 4.69) is 20.8 Å². The summed E-state index contributed by atoms with van der Waals surface area (Å²) in [6.45, 7) is 6.30. The predicted molar refractivity (Wildman–Crippen MR) is 72.6 cm³/mol. The molecule has 0 bridgehead atoms. The highest BCUT2D eigenvalue weighted by atomic mass is 35.5. The van der Waals surface area contributed by atoms with Crippen molar-refractivity contribution >= 4 is 17.3 Å². The van der Waals surface area contributed by atoms with Crippen molar-refractivity contribution in [2.45, 2.75) is 33.6 Å². The summed E-state index contributed by atoms with van der Waals surface area (Å²) in [7, 11) is 0. The molecule has 0 aromatic heterocycles. The second-order valence-corrected chi connectivity index (χ2v) is 4.40. The van der Waals surface area contributed by atoms with E-state index in [-0.39, 0.29) is 5.69 Å². The van der Waals surface area contributed by atoms with Gasteiger partial charge in [-0.25, -0.2) is 0 Å². The summed E-state index contributed by atoms with van der Waals surface area (Å²) in [6, 6.07) is 6.61. The summed E-state index contributed by atoms with van der Waals surface area (Å²) in [6.07, 6.45) is 2.11. The summed E-state index contributed by atoms with van der Waals surface area (Å²) >= 11 is 5.68. The molecule has 3 nitrogen and oxygen atoms in total. The molecule has 96 valence electrons. The van der Waals surface area contributed by atoms with Gasteiger partial charge in [0.05, 0.1) is 4.92 Å². The van der Waals surface area contributed by atoms with E-state index in [9.17, 15) is 10.1 Å². The van der Waals surface area contributed by atoms with Gasteiger partial charge in [-0.2, -0.15) is 0 Å². The monoisotopic (exact) mass is 257 g/mol. The molecule has 4 heteroatoms. The Kier molecular flexibility index (Phi) is 8.42. The van der Waals surface area contributed by atoms with Crippen molar-refractivity contribution in [3.05, 3.63) is 39.9 Å². The summed E-state index contributed by atoms with van der Waals surface area (Å²) in [5.74, 6) is 1.01. The van der Waals surface area contributed by atoms with Crippen LogP contribution >= 0.6 is 11.6 Å². The molecule has 0 radical (unpaired) electrons. The highest BCUT2D eigenvalue weighted by Gasteiger charge is 2.06. The fraction of sp³-hybridized carbons (Fsp3) is 0.538. The molecular weight excluding hydrogens is 238 g/mol. The molecule has 17 heavy (non-hydrogen) atoms. The van der Waals surface area contributed by atoms with Gasteiger partial charge in [0.15, 0.2) is 0 Å². The van der Waals surface area contributed by atoms with Crippen LogP contribution in [0.25, 0.3) is 0 Å². The van der Waals surface area contributed by atoms with Crippen molar-refractivity contribution < 1.29 is 4.92 Å². The van der Waals surface area contributed by atoms with Gasteiger partial charge in [0, 0.05) is 18.0 Å². The normalized spacial score (nSPS) is 11.3. The van der Waals surface area contributed by atoms with E-state index in [1.807, 2.05) is 0 Å². The van der Waals surface area contributed by atoms with Crippen LogP contribution in [0, 0.1) is 16.0 Å². The first-order valence-corrected chi connectivity index (χ1v) is 6.37. The first-order valence-electron chi connectivity index (χ1n) is 5.84. The second kappa shape index (κ2) is 8.99. The van der Waals surface area contributed by atoms with Crippen molar-refractivity contribution in [2.75, 3.05) is 5.88 Å². The fourth-order valence-electron chi connectivity index (χ4n) is 1.21. The number of rotatable bonds is 4. The Morgan fingerprint density at radius 2 is 1.76 bits per heavy atom. The lowest BCUT2D eigenvalue weighted by atomic mass is 10.0. The average Bonchev–Trinajstić information content (AvgIpc) is 2.30. The highest BCUT2D eigenvalue weighted by molar-refractivity contribution is 6.18. The Balaban J connectivity index is 0.000000770. The Hall–Kier alpha value is -1.09. The van der Waals surface area contributed by atoms with Gasteiger partial charge >= 0.3 is 0 Å². The largest absolute Gasteiger partial charge is 0.269 e. The molecule has 1 atom stereocenters. The van der Waals surface area contributed by atoms with Gasteiger partial charge in [-0.05, 0) is 17.9 Å². The van der Waals surface area contributed by atoms with E-state index in [4.69, 9.17) is 11.6 Å². The summed E-state index contributed by atoms with van der Waals surface area (Å²) in [4.78, 5) is 9.98. The van der Waals surface area contributed by atoms with Gasteiger partial charge in [0.1, 0.15) is 0 Å². The number of nitro benzene ring substituents is 1. The molecule has 0 aliphatic rings. The number of non-ortho nitro benzene ring substituents is 1. The number of halogens is 1. The van der Waals surface area contributed by atoms with Crippen LogP contribution < -0.4 is 0 Å². The highest BCUT2D eigenvalue weighted by Crippen LogP contribution is 2.15. The number of nitrogens with zero attached hydrogens (tertiary/aromatic N) is 1. The Bertz CT molecular complexity index is 325. The minimum atomic E-state index is -0.394. The zero-order chi connectivity index (χ0) is 13.3. The number of hydrogen-bond acceptors (Lipinski definition) is 2. The molecule has 0 saturated heterocycles. The summed E-state index contributed by atoms with van der Waals surface area (Å²) in [5, 5.41) is 10.4. The van der Waals surface area contributed by atoms with Gasteiger partial charge < -0.3 is 0 Å². The van der Waals surface area contributed by atoms with E-state index >= 15 is 0 Å². The molecule has 0 amide bonds. The topological polar surface area (TPSA) is 43.1 Å². The first-order chi connectivity index (χ1) is 8.04. The lowest BCUT2D eigenvalue weighted by molar-refractivity contribution is -0.384. The molecule has 0 saturated carbocycles. The third kappa shape index (κ3) is 6.95. The summed E-state index contributed by atoms with van der Waals surface area (Å²) < 4.78 is 0. The maximum absolute atomic E-state index is 10.4. The lowest BCUT2D eigenvalue weighted by Crippen LogP contribution is -2.00. The van der Waals surface area contributed by atoms with Crippen molar-refractivity contribution in [1.29, 1.82) is 0 Å². The molecule has 1 aromatic rings. The average molecular weight is 258 g/mol. The van der Waals surface area contributed by atoms with Crippen LogP contribution in [-0.2, 0) is 6.42 Å². The Labute approximate surface area is 108 Å². The van der Waals surface area contributed by atoms with E-state index in [1.165, 1.54) is 18.6 Å². The number of nitro groups is 1. The van der Waals surface area contributed by atoms with Gasteiger partial charge in [-0.15, -0.1) is 11.6 Å². The number of alkyl halides is 1. The maximum Gasteiger partial charge on any atom is 0.269 e. The van der Waals surface area contributed by atoms with Crippen LogP contribution in [-0.4, -0.2) is 10.8 Å². The molecule has 0 aliphatic carbocycles. The minimum absolute atomic E-state index is 0.132. The van der Waals surface area contributed by atoms with Crippen molar-refractivity contribution in [3.63, 3.8) is 0 Å².